The molecule has 0 radical (unpaired) electrons. The number of amides is 2. The monoisotopic (exact) mass is 335 g/mol. The van der Waals surface area contributed by atoms with Crippen LogP contribution in [0.1, 0.15) is 17.7 Å². The van der Waals surface area contributed by atoms with Crippen LogP contribution in [0.15, 0.2) is 66.9 Å². The van der Waals surface area contributed by atoms with Gasteiger partial charge in [0.05, 0.1) is 18.4 Å². The molecular weight excluding hydrogens is 314 g/mol. The normalized spacial score (nSPS) is 10.4. The number of hydrogen-bond donors (Lipinski definition) is 2. The van der Waals surface area contributed by atoms with Crippen LogP contribution in [0.2, 0.25) is 0 Å². The molecule has 25 heavy (non-hydrogen) atoms. The average Bonchev–Trinajstić information content (AvgIpc) is 3.14. The van der Waals surface area contributed by atoms with Gasteiger partial charge in [-0.3, -0.25) is 0 Å². The Morgan fingerprint density at radius 1 is 0.960 bits per heavy atom. The van der Waals surface area contributed by atoms with Crippen LogP contribution in [0, 0.1) is 0 Å². The minimum Gasteiger partial charge on any atom is -0.338 e. The molecule has 2 amide bonds. The van der Waals surface area contributed by atoms with E-state index < -0.39 is 0 Å². The Morgan fingerprint density at radius 2 is 1.68 bits per heavy atom. The Morgan fingerprint density at radius 3 is 2.44 bits per heavy atom. The Balaban J connectivity index is 1.37. The highest BCUT2D eigenvalue weighted by Gasteiger charge is 2.05. The number of urea groups is 1. The lowest BCUT2D eigenvalue weighted by Gasteiger charge is -2.06. The van der Waals surface area contributed by atoms with E-state index in [1.54, 1.807) is 4.68 Å². The van der Waals surface area contributed by atoms with Gasteiger partial charge in [0.15, 0.2) is 0 Å². The van der Waals surface area contributed by atoms with Gasteiger partial charge >= 0.3 is 6.03 Å². The number of hydrogen-bond acceptors (Lipinski definition) is 3. The van der Waals surface area contributed by atoms with E-state index in [4.69, 9.17) is 0 Å². The van der Waals surface area contributed by atoms with Crippen molar-refractivity contribution in [3.8, 4) is 5.69 Å². The molecular formula is C19H21N5O. The van der Waals surface area contributed by atoms with E-state index in [0.29, 0.717) is 18.8 Å². The van der Waals surface area contributed by atoms with E-state index in [9.17, 15) is 4.79 Å². The summed E-state index contributed by atoms with van der Waals surface area (Å²) in [6.45, 7) is 0.981. The molecule has 1 heterocycles. The second-order valence-electron chi connectivity index (χ2n) is 5.69. The van der Waals surface area contributed by atoms with E-state index in [2.05, 4.69) is 33.1 Å². The molecule has 3 rings (SSSR count). The van der Waals surface area contributed by atoms with Gasteiger partial charge in [0.2, 0.25) is 0 Å². The fourth-order valence-electron chi connectivity index (χ4n) is 2.46. The molecule has 2 aromatic carbocycles. The van der Waals surface area contributed by atoms with Crippen LogP contribution in [-0.4, -0.2) is 27.6 Å². The molecule has 6 heteroatoms. The van der Waals surface area contributed by atoms with Crippen LogP contribution in [0.5, 0.6) is 0 Å². The van der Waals surface area contributed by atoms with Crippen molar-refractivity contribution in [1.29, 1.82) is 0 Å². The van der Waals surface area contributed by atoms with Crippen LogP contribution in [0.4, 0.5) is 4.79 Å². The largest absolute Gasteiger partial charge is 0.338 e. The minimum atomic E-state index is -0.192. The first kappa shape index (κ1) is 16.7. The molecule has 1 aromatic heterocycles. The molecule has 0 saturated carbocycles. The third-order valence-electron chi connectivity index (χ3n) is 3.76. The van der Waals surface area contributed by atoms with Crippen molar-refractivity contribution >= 4 is 6.03 Å². The first-order valence-corrected chi connectivity index (χ1v) is 8.33. The highest BCUT2D eigenvalue weighted by atomic mass is 16.2. The van der Waals surface area contributed by atoms with Gasteiger partial charge in [-0.1, -0.05) is 53.7 Å². The summed E-state index contributed by atoms with van der Waals surface area (Å²) in [7, 11) is 0. The number of carbonyl (C=O) groups is 1. The van der Waals surface area contributed by atoms with Crippen LogP contribution in [0.3, 0.4) is 0 Å². The molecule has 2 N–H and O–H groups in total. The highest BCUT2D eigenvalue weighted by molar-refractivity contribution is 5.73. The molecule has 0 bridgehead atoms. The van der Waals surface area contributed by atoms with E-state index in [1.807, 2.05) is 54.7 Å². The summed E-state index contributed by atoms with van der Waals surface area (Å²) in [5.74, 6) is 0. The van der Waals surface area contributed by atoms with Gasteiger partial charge in [0, 0.05) is 6.54 Å². The number of para-hydroxylation sites is 1. The predicted octanol–water partition coefficient (Wildman–Crippen LogP) is 2.70. The summed E-state index contributed by atoms with van der Waals surface area (Å²) in [6, 6.07) is 19.8. The fourth-order valence-corrected chi connectivity index (χ4v) is 2.46. The number of aromatic nitrogens is 3. The summed E-state index contributed by atoms with van der Waals surface area (Å²) in [4.78, 5) is 11.8. The van der Waals surface area contributed by atoms with Gasteiger partial charge in [-0.25, -0.2) is 9.48 Å². The first-order chi connectivity index (χ1) is 12.3. The molecule has 0 spiro atoms. The van der Waals surface area contributed by atoms with E-state index >= 15 is 0 Å². The van der Waals surface area contributed by atoms with Crippen LogP contribution < -0.4 is 10.6 Å². The second-order valence-corrected chi connectivity index (χ2v) is 5.69. The van der Waals surface area contributed by atoms with E-state index in [-0.39, 0.29) is 6.03 Å². The summed E-state index contributed by atoms with van der Waals surface area (Å²) in [5.41, 5.74) is 2.93. The summed E-state index contributed by atoms with van der Waals surface area (Å²) >= 11 is 0. The van der Waals surface area contributed by atoms with Crippen molar-refractivity contribution in [2.24, 2.45) is 0 Å². The lowest BCUT2D eigenvalue weighted by atomic mass is 10.1. The van der Waals surface area contributed by atoms with Gasteiger partial charge in [-0.15, -0.1) is 5.10 Å². The van der Waals surface area contributed by atoms with Crippen molar-refractivity contribution in [3.05, 3.63) is 78.1 Å². The summed E-state index contributed by atoms with van der Waals surface area (Å²) in [6.07, 6.45) is 3.67. The number of rotatable bonds is 7. The van der Waals surface area contributed by atoms with Crippen molar-refractivity contribution in [2.45, 2.75) is 19.4 Å². The molecule has 0 saturated heterocycles. The number of carbonyl (C=O) groups excluding carboxylic acids is 1. The number of aryl methyl sites for hydroxylation is 1. The maximum Gasteiger partial charge on any atom is 0.315 e. The molecule has 0 aliphatic carbocycles. The van der Waals surface area contributed by atoms with Gasteiger partial charge in [-0.2, -0.15) is 0 Å². The Hall–Kier alpha value is -3.15. The van der Waals surface area contributed by atoms with Crippen LogP contribution in [-0.2, 0) is 13.0 Å². The SMILES string of the molecule is O=C(NCCCc1ccccc1)NCc1cn(-c2ccccc2)nn1. The highest BCUT2D eigenvalue weighted by Crippen LogP contribution is 2.05. The number of nitrogens with one attached hydrogen (secondary N) is 2. The van der Waals surface area contributed by atoms with Crippen molar-refractivity contribution in [1.82, 2.24) is 25.6 Å². The standard InChI is InChI=1S/C19H21N5O/c25-19(20-13-7-10-16-8-3-1-4-9-16)21-14-17-15-24(23-22-17)18-11-5-2-6-12-18/h1-6,8-9,11-12,15H,7,10,13-14H2,(H2,20,21,25). The van der Waals surface area contributed by atoms with E-state index in [1.165, 1.54) is 5.56 Å². The predicted molar refractivity (Wildman–Crippen MR) is 96.4 cm³/mol. The maximum absolute atomic E-state index is 11.8. The molecule has 6 nitrogen and oxygen atoms in total. The molecule has 0 aliphatic heterocycles. The molecule has 0 fully saturated rings. The molecule has 0 atom stereocenters. The zero-order valence-corrected chi connectivity index (χ0v) is 13.9. The maximum atomic E-state index is 11.8. The lowest BCUT2D eigenvalue weighted by Crippen LogP contribution is -2.35. The minimum absolute atomic E-state index is 0.192. The van der Waals surface area contributed by atoms with Gasteiger partial charge in [-0.05, 0) is 30.5 Å². The fraction of sp³-hybridized carbons (Fsp3) is 0.211. The third kappa shape index (κ3) is 5.17. The second kappa shape index (κ2) is 8.63. The Kier molecular flexibility index (Phi) is 5.77. The summed E-state index contributed by atoms with van der Waals surface area (Å²) in [5, 5.41) is 13.8. The van der Waals surface area contributed by atoms with Crippen LogP contribution in [0.25, 0.3) is 5.69 Å². The molecule has 3 aromatic rings. The topological polar surface area (TPSA) is 71.8 Å². The van der Waals surface area contributed by atoms with Crippen LogP contribution >= 0.6 is 0 Å². The molecule has 0 unspecified atom stereocenters. The summed E-state index contributed by atoms with van der Waals surface area (Å²) < 4.78 is 1.69. The average molecular weight is 335 g/mol. The zero-order chi connectivity index (χ0) is 17.3. The van der Waals surface area contributed by atoms with Crippen molar-refractivity contribution in [3.63, 3.8) is 0 Å². The van der Waals surface area contributed by atoms with Gasteiger partial charge in [0.25, 0.3) is 0 Å². The lowest BCUT2D eigenvalue weighted by molar-refractivity contribution is 0.240. The Labute approximate surface area is 146 Å². The van der Waals surface area contributed by atoms with Crippen molar-refractivity contribution < 1.29 is 4.79 Å². The molecule has 128 valence electrons. The quantitative estimate of drug-likeness (QED) is 0.652. The smallest absolute Gasteiger partial charge is 0.315 e. The zero-order valence-electron chi connectivity index (χ0n) is 13.9. The Bertz CT molecular complexity index is 786. The first-order valence-electron chi connectivity index (χ1n) is 8.33. The van der Waals surface area contributed by atoms with Crippen molar-refractivity contribution in [2.75, 3.05) is 6.54 Å². The third-order valence-corrected chi connectivity index (χ3v) is 3.76. The van der Waals surface area contributed by atoms with Gasteiger partial charge < -0.3 is 10.6 Å². The number of nitrogens with zero attached hydrogens (tertiary/aromatic N) is 3. The number of benzene rings is 2. The van der Waals surface area contributed by atoms with E-state index in [0.717, 1.165) is 18.5 Å². The van der Waals surface area contributed by atoms with Gasteiger partial charge in [0.1, 0.15) is 5.69 Å². The molecule has 0 aliphatic rings.